The van der Waals surface area contributed by atoms with E-state index in [9.17, 15) is 4.79 Å². The number of aromatic nitrogens is 4. The van der Waals surface area contributed by atoms with E-state index < -0.39 is 0 Å². The van der Waals surface area contributed by atoms with E-state index in [0.29, 0.717) is 29.3 Å². The number of anilines is 1. The molecule has 7 nitrogen and oxygen atoms in total. The van der Waals surface area contributed by atoms with Crippen LogP contribution in [0.25, 0.3) is 11.5 Å². The number of piperidine rings is 1. The van der Waals surface area contributed by atoms with Gasteiger partial charge in [-0.05, 0) is 25.7 Å². The zero-order valence-corrected chi connectivity index (χ0v) is 15.3. The largest absolute Gasteiger partial charge is 0.363 e. The molecule has 136 valence electrons. The van der Waals surface area contributed by atoms with E-state index in [1.165, 1.54) is 0 Å². The third-order valence-corrected chi connectivity index (χ3v) is 5.13. The normalized spacial score (nSPS) is 18.0. The van der Waals surface area contributed by atoms with Gasteiger partial charge in [-0.15, -0.1) is 0 Å². The fourth-order valence-electron chi connectivity index (χ4n) is 3.40. The van der Waals surface area contributed by atoms with Crippen LogP contribution in [0.2, 0.25) is 0 Å². The molecule has 2 aromatic rings. The van der Waals surface area contributed by atoms with Gasteiger partial charge < -0.3 is 9.80 Å². The van der Waals surface area contributed by atoms with E-state index in [0.717, 1.165) is 50.3 Å². The van der Waals surface area contributed by atoms with Gasteiger partial charge >= 0.3 is 0 Å². The lowest BCUT2D eigenvalue weighted by molar-refractivity contribution is -0.133. The predicted octanol–water partition coefficient (Wildman–Crippen LogP) is 2.12. The van der Waals surface area contributed by atoms with Gasteiger partial charge in [-0.1, -0.05) is 0 Å². The fraction of sp³-hybridized carbons (Fsp3) is 0.526. The first-order valence-corrected chi connectivity index (χ1v) is 9.23. The van der Waals surface area contributed by atoms with E-state index in [4.69, 9.17) is 4.98 Å². The lowest BCUT2D eigenvalue weighted by Gasteiger charge is -2.32. The van der Waals surface area contributed by atoms with Crippen molar-refractivity contribution in [3.05, 3.63) is 30.4 Å². The zero-order valence-electron chi connectivity index (χ0n) is 15.3. The SMILES string of the molecule is CN(C)c1cc(C2CCN(C(=O)C3CC3)CC2)nc(-c2cnccn2)n1. The highest BCUT2D eigenvalue weighted by atomic mass is 16.2. The van der Waals surface area contributed by atoms with Crippen LogP contribution >= 0.6 is 0 Å². The number of hydrogen-bond acceptors (Lipinski definition) is 6. The summed E-state index contributed by atoms with van der Waals surface area (Å²) < 4.78 is 0. The molecule has 0 unspecified atom stereocenters. The summed E-state index contributed by atoms with van der Waals surface area (Å²) in [5.41, 5.74) is 1.71. The van der Waals surface area contributed by atoms with Crippen LogP contribution in [0.4, 0.5) is 5.82 Å². The van der Waals surface area contributed by atoms with Crippen LogP contribution in [-0.2, 0) is 4.79 Å². The monoisotopic (exact) mass is 352 g/mol. The third-order valence-electron chi connectivity index (χ3n) is 5.13. The minimum absolute atomic E-state index is 0.300. The molecule has 1 aliphatic carbocycles. The van der Waals surface area contributed by atoms with E-state index in [-0.39, 0.29) is 0 Å². The van der Waals surface area contributed by atoms with Crippen LogP contribution in [0, 0.1) is 5.92 Å². The standard InChI is InChI=1S/C19H24N6O/c1-24(2)17-11-15(22-18(23-17)16-12-20-7-8-21-16)13-5-9-25(10-6-13)19(26)14-3-4-14/h7-8,11-14H,3-6,9-10H2,1-2H3. The molecule has 1 saturated carbocycles. The highest BCUT2D eigenvalue weighted by Gasteiger charge is 2.35. The van der Waals surface area contributed by atoms with Crippen molar-refractivity contribution in [2.75, 3.05) is 32.1 Å². The van der Waals surface area contributed by atoms with Crippen molar-refractivity contribution in [2.45, 2.75) is 31.6 Å². The molecule has 1 saturated heterocycles. The van der Waals surface area contributed by atoms with E-state index in [1.807, 2.05) is 23.9 Å². The summed E-state index contributed by atoms with van der Waals surface area (Å²) in [6.07, 6.45) is 9.02. The Bertz CT molecular complexity index is 782. The summed E-state index contributed by atoms with van der Waals surface area (Å²) >= 11 is 0. The van der Waals surface area contributed by atoms with E-state index >= 15 is 0 Å². The molecule has 0 radical (unpaired) electrons. The summed E-state index contributed by atoms with van der Waals surface area (Å²) in [6, 6.07) is 2.06. The minimum Gasteiger partial charge on any atom is -0.363 e. The Morgan fingerprint density at radius 2 is 1.88 bits per heavy atom. The molecule has 0 bridgehead atoms. The summed E-state index contributed by atoms with van der Waals surface area (Å²) in [5, 5.41) is 0. The Morgan fingerprint density at radius 3 is 2.50 bits per heavy atom. The van der Waals surface area contributed by atoms with Crippen molar-refractivity contribution in [3.63, 3.8) is 0 Å². The van der Waals surface area contributed by atoms with Crippen LogP contribution in [-0.4, -0.2) is 57.9 Å². The van der Waals surface area contributed by atoms with Gasteiger partial charge in [-0.2, -0.15) is 0 Å². The number of rotatable bonds is 4. The van der Waals surface area contributed by atoms with Crippen LogP contribution in [0.1, 0.15) is 37.3 Å². The summed E-state index contributed by atoms with van der Waals surface area (Å²) in [7, 11) is 3.95. The zero-order chi connectivity index (χ0) is 18.1. The molecule has 0 spiro atoms. The fourth-order valence-corrected chi connectivity index (χ4v) is 3.40. The van der Waals surface area contributed by atoms with Crippen LogP contribution < -0.4 is 4.90 Å². The second-order valence-electron chi connectivity index (χ2n) is 7.33. The van der Waals surface area contributed by atoms with Crippen molar-refractivity contribution in [2.24, 2.45) is 5.92 Å². The molecule has 2 aliphatic rings. The van der Waals surface area contributed by atoms with Crippen molar-refractivity contribution >= 4 is 11.7 Å². The molecule has 7 heteroatoms. The molecule has 0 atom stereocenters. The van der Waals surface area contributed by atoms with Gasteiger partial charge in [0.05, 0.1) is 6.20 Å². The van der Waals surface area contributed by atoms with Crippen molar-refractivity contribution in [3.8, 4) is 11.5 Å². The lowest BCUT2D eigenvalue weighted by Crippen LogP contribution is -2.39. The molecular weight excluding hydrogens is 328 g/mol. The quantitative estimate of drug-likeness (QED) is 0.839. The smallest absolute Gasteiger partial charge is 0.225 e. The highest BCUT2D eigenvalue weighted by molar-refractivity contribution is 5.81. The first kappa shape index (κ1) is 16.9. The second kappa shape index (κ2) is 6.97. The maximum absolute atomic E-state index is 12.3. The topological polar surface area (TPSA) is 75.1 Å². The molecule has 0 aromatic carbocycles. The molecular formula is C19H24N6O. The molecule has 26 heavy (non-hydrogen) atoms. The molecule has 4 rings (SSSR count). The Balaban J connectivity index is 1.56. The summed E-state index contributed by atoms with van der Waals surface area (Å²) in [4.78, 5) is 34.2. The molecule has 1 amide bonds. The molecule has 2 fully saturated rings. The van der Waals surface area contributed by atoms with E-state index in [2.05, 4.69) is 21.0 Å². The van der Waals surface area contributed by atoms with Crippen molar-refractivity contribution in [1.82, 2.24) is 24.8 Å². The number of amides is 1. The summed E-state index contributed by atoms with van der Waals surface area (Å²) in [5.74, 6) is 2.47. The molecule has 1 aliphatic heterocycles. The van der Waals surface area contributed by atoms with Gasteiger partial charge in [0.15, 0.2) is 5.82 Å². The van der Waals surface area contributed by atoms with Gasteiger partial charge in [-0.25, -0.2) is 15.0 Å². The maximum Gasteiger partial charge on any atom is 0.225 e. The number of carbonyl (C=O) groups is 1. The van der Waals surface area contributed by atoms with Crippen LogP contribution in [0.3, 0.4) is 0 Å². The van der Waals surface area contributed by atoms with E-state index in [1.54, 1.807) is 18.6 Å². The lowest BCUT2D eigenvalue weighted by atomic mass is 9.93. The number of carbonyl (C=O) groups excluding carboxylic acids is 1. The Kier molecular flexibility index (Phi) is 4.53. The van der Waals surface area contributed by atoms with Crippen LogP contribution in [0.5, 0.6) is 0 Å². The highest BCUT2D eigenvalue weighted by Crippen LogP contribution is 2.34. The van der Waals surface area contributed by atoms with Gasteiger partial charge in [-0.3, -0.25) is 9.78 Å². The first-order valence-electron chi connectivity index (χ1n) is 9.23. The Labute approximate surface area is 153 Å². The Hall–Kier alpha value is -2.57. The van der Waals surface area contributed by atoms with Gasteiger partial charge in [0.2, 0.25) is 5.91 Å². The number of nitrogens with zero attached hydrogens (tertiary/aromatic N) is 6. The average molecular weight is 352 g/mol. The van der Waals surface area contributed by atoms with Gasteiger partial charge in [0, 0.05) is 63.2 Å². The molecule has 3 heterocycles. The summed E-state index contributed by atoms with van der Waals surface area (Å²) in [6.45, 7) is 1.64. The third kappa shape index (κ3) is 3.52. The van der Waals surface area contributed by atoms with Crippen molar-refractivity contribution in [1.29, 1.82) is 0 Å². The second-order valence-corrected chi connectivity index (χ2v) is 7.33. The van der Waals surface area contributed by atoms with Gasteiger partial charge in [0.25, 0.3) is 0 Å². The van der Waals surface area contributed by atoms with Crippen LogP contribution in [0.15, 0.2) is 24.7 Å². The number of hydrogen-bond donors (Lipinski definition) is 0. The van der Waals surface area contributed by atoms with Crippen molar-refractivity contribution < 1.29 is 4.79 Å². The number of likely N-dealkylation sites (tertiary alicyclic amines) is 1. The molecule has 0 N–H and O–H groups in total. The minimum atomic E-state index is 0.300. The Morgan fingerprint density at radius 1 is 1.12 bits per heavy atom. The maximum atomic E-state index is 12.3. The average Bonchev–Trinajstić information content (AvgIpc) is 3.53. The van der Waals surface area contributed by atoms with Gasteiger partial charge in [0.1, 0.15) is 11.5 Å². The molecule has 2 aromatic heterocycles. The predicted molar refractivity (Wildman–Crippen MR) is 98.7 cm³/mol. The first-order chi connectivity index (χ1) is 12.6.